The van der Waals surface area contributed by atoms with Crippen LogP contribution >= 0.6 is 11.3 Å². The highest BCUT2D eigenvalue weighted by atomic mass is 32.1. The van der Waals surface area contributed by atoms with Crippen molar-refractivity contribution in [2.75, 3.05) is 43.4 Å². The molecule has 7 rings (SSSR count). The molecule has 5 heterocycles. The zero-order chi connectivity index (χ0) is 32.1. The molecule has 3 aliphatic rings. The number of thiophene rings is 1. The third-order valence-electron chi connectivity index (χ3n) is 8.77. The Morgan fingerprint density at radius 1 is 1.18 bits per heavy atom. The molecule has 0 saturated carbocycles. The van der Waals surface area contributed by atoms with Crippen LogP contribution in [-0.2, 0) is 6.18 Å². The summed E-state index contributed by atoms with van der Waals surface area (Å²) >= 11 is 0.629. The fourth-order valence-corrected chi connectivity index (χ4v) is 7.75. The number of benzene rings is 2. The standard InChI is InChI=1S/C29H22F8N6OS/c30-13-7-27(4-1-5-43(27)9-13)12-44-26-40-22-15(25(41-26)42-10-28(33,34)11-42)6-17(29(35,36)37)20(21(22)32)14-2-3-18(31)23-19(14)16(8-38)24(39)45-23/h2-3,6,13H,1,4-5,7,9-12,39H2. The molecule has 2 aromatic carbocycles. The van der Waals surface area contributed by atoms with E-state index in [1.54, 1.807) is 6.07 Å². The van der Waals surface area contributed by atoms with Gasteiger partial charge in [0.15, 0.2) is 5.82 Å². The molecule has 45 heavy (non-hydrogen) atoms. The Bertz CT molecular complexity index is 1920. The molecule has 0 aliphatic carbocycles. The van der Waals surface area contributed by atoms with E-state index in [0.717, 1.165) is 23.5 Å². The second-order valence-corrected chi connectivity index (χ2v) is 12.7. The Labute approximate surface area is 253 Å². The molecule has 236 valence electrons. The molecular formula is C29H22F8N6OS. The quantitative estimate of drug-likeness (QED) is 0.241. The van der Waals surface area contributed by atoms with E-state index >= 15 is 4.39 Å². The van der Waals surface area contributed by atoms with Crippen LogP contribution in [0.25, 0.3) is 32.1 Å². The molecule has 3 saturated heterocycles. The zero-order valence-electron chi connectivity index (χ0n) is 23.1. The topological polar surface area (TPSA) is 91.3 Å². The van der Waals surface area contributed by atoms with Gasteiger partial charge in [-0.15, -0.1) is 11.3 Å². The average molecular weight is 655 g/mol. The Balaban J connectivity index is 1.45. The highest BCUT2D eigenvalue weighted by molar-refractivity contribution is 7.23. The number of ether oxygens (including phenoxy) is 1. The molecule has 4 aromatic rings. The maximum absolute atomic E-state index is 16.6. The van der Waals surface area contributed by atoms with Crippen molar-refractivity contribution in [2.24, 2.45) is 0 Å². The number of hydrogen-bond acceptors (Lipinski definition) is 8. The third kappa shape index (κ3) is 4.70. The van der Waals surface area contributed by atoms with Gasteiger partial charge in [0, 0.05) is 29.3 Å². The molecule has 0 amide bonds. The van der Waals surface area contributed by atoms with Crippen molar-refractivity contribution in [1.29, 1.82) is 5.26 Å². The first kappa shape index (κ1) is 29.7. The molecule has 2 aromatic heterocycles. The lowest BCUT2D eigenvalue weighted by Gasteiger charge is -2.40. The molecule has 16 heteroatoms. The van der Waals surface area contributed by atoms with Crippen molar-refractivity contribution < 1.29 is 39.9 Å². The molecule has 0 spiro atoms. The first-order chi connectivity index (χ1) is 21.2. The second-order valence-electron chi connectivity index (χ2n) is 11.7. The van der Waals surface area contributed by atoms with E-state index in [4.69, 9.17) is 10.5 Å². The lowest BCUT2D eigenvalue weighted by atomic mass is 9.92. The molecule has 2 unspecified atom stereocenters. The maximum Gasteiger partial charge on any atom is 0.417 e. The summed E-state index contributed by atoms with van der Waals surface area (Å²) in [6.45, 7) is -1.04. The summed E-state index contributed by atoms with van der Waals surface area (Å²) in [5.41, 5.74) is 1.19. The van der Waals surface area contributed by atoms with Crippen LogP contribution in [0.2, 0.25) is 0 Å². The Kier molecular flexibility index (Phi) is 6.62. The van der Waals surface area contributed by atoms with Crippen LogP contribution in [0, 0.1) is 23.0 Å². The van der Waals surface area contributed by atoms with Crippen molar-refractivity contribution >= 4 is 43.1 Å². The van der Waals surface area contributed by atoms with Crippen molar-refractivity contribution in [1.82, 2.24) is 14.9 Å². The number of nitrogen functional groups attached to an aromatic ring is 1. The number of fused-ring (bicyclic) bond motifs is 3. The predicted molar refractivity (Wildman–Crippen MR) is 150 cm³/mol. The number of nitrogens with two attached hydrogens (primary N) is 1. The average Bonchev–Trinajstić information content (AvgIpc) is 3.59. The van der Waals surface area contributed by atoms with Gasteiger partial charge in [0.05, 0.1) is 34.5 Å². The van der Waals surface area contributed by atoms with E-state index < -0.39 is 88.0 Å². The third-order valence-corrected chi connectivity index (χ3v) is 9.80. The summed E-state index contributed by atoms with van der Waals surface area (Å²) in [7, 11) is 0. The molecular weight excluding hydrogens is 632 g/mol. The van der Waals surface area contributed by atoms with Crippen LogP contribution in [0.1, 0.15) is 30.4 Å². The van der Waals surface area contributed by atoms with E-state index in [1.165, 1.54) is 0 Å². The van der Waals surface area contributed by atoms with Gasteiger partial charge in [0.25, 0.3) is 5.92 Å². The highest BCUT2D eigenvalue weighted by Crippen LogP contribution is 2.49. The molecule has 3 fully saturated rings. The first-order valence-electron chi connectivity index (χ1n) is 13.9. The number of nitriles is 1. The Morgan fingerprint density at radius 2 is 1.93 bits per heavy atom. The summed E-state index contributed by atoms with van der Waals surface area (Å²) in [5.74, 6) is -5.93. The number of anilines is 2. The van der Waals surface area contributed by atoms with Gasteiger partial charge in [0.1, 0.15) is 41.0 Å². The smallest absolute Gasteiger partial charge is 0.417 e. The molecule has 2 atom stereocenters. The highest BCUT2D eigenvalue weighted by Gasteiger charge is 2.50. The fraction of sp³-hybridized carbons (Fsp3) is 0.414. The van der Waals surface area contributed by atoms with Gasteiger partial charge in [-0.05, 0) is 37.1 Å². The van der Waals surface area contributed by atoms with Crippen molar-refractivity contribution in [3.8, 4) is 23.2 Å². The second kappa shape index (κ2) is 10.0. The van der Waals surface area contributed by atoms with E-state index in [-0.39, 0.29) is 40.2 Å². The van der Waals surface area contributed by atoms with Crippen LogP contribution in [0.4, 0.5) is 45.9 Å². The summed E-state index contributed by atoms with van der Waals surface area (Å²) in [6.07, 6.45) is -4.73. The predicted octanol–water partition coefficient (Wildman–Crippen LogP) is 6.67. The number of nitrogens with zero attached hydrogens (tertiary/aromatic N) is 5. The number of halogens is 8. The minimum Gasteiger partial charge on any atom is -0.461 e. The fourth-order valence-electron chi connectivity index (χ4n) is 6.80. The Morgan fingerprint density at radius 3 is 2.62 bits per heavy atom. The number of alkyl halides is 6. The zero-order valence-corrected chi connectivity index (χ0v) is 23.9. The molecule has 3 aliphatic heterocycles. The maximum atomic E-state index is 16.6. The van der Waals surface area contributed by atoms with Crippen LogP contribution in [-0.4, -0.2) is 65.3 Å². The molecule has 7 nitrogen and oxygen atoms in total. The molecule has 2 N–H and O–H groups in total. The largest absolute Gasteiger partial charge is 0.461 e. The van der Waals surface area contributed by atoms with E-state index in [9.17, 15) is 36.0 Å². The summed E-state index contributed by atoms with van der Waals surface area (Å²) in [6, 6.07) is 3.58. The monoisotopic (exact) mass is 654 g/mol. The number of hydrogen-bond donors (Lipinski definition) is 1. The minimum atomic E-state index is -5.19. The van der Waals surface area contributed by atoms with Crippen LogP contribution < -0.4 is 15.4 Å². The molecule has 0 radical (unpaired) electrons. The summed E-state index contributed by atoms with van der Waals surface area (Å²) in [4.78, 5) is 11.2. The molecule has 0 bridgehead atoms. The van der Waals surface area contributed by atoms with Crippen molar-refractivity contribution in [3.05, 3.63) is 41.0 Å². The Hall–Kier alpha value is -3.97. The van der Waals surface area contributed by atoms with Crippen LogP contribution in [0.3, 0.4) is 0 Å². The van der Waals surface area contributed by atoms with Gasteiger partial charge in [0.2, 0.25) is 0 Å². The van der Waals surface area contributed by atoms with E-state index in [1.807, 2.05) is 4.90 Å². The SMILES string of the molecule is N#Cc1c(N)sc2c(F)ccc(-c3c(C(F)(F)F)cc4c(N5CC(F)(F)C5)nc(OCC56CCCN5CC(F)C6)nc4c3F)c12. The van der Waals surface area contributed by atoms with Gasteiger partial charge in [-0.1, -0.05) is 6.07 Å². The van der Waals surface area contributed by atoms with Crippen LogP contribution in [0.15, 0.2) is 18.2 Å². The van der Waals surface area contributed by atoms with Crippen LogP contribution in [0.5, 0.6) is 6.01 Å². The lowest BCUT2D eigenvalue weighted by Crippen LogP contribution is -2.56. The normalized spacial score (nSPS) is 23.0. The lowest BCUT2D eigenvalue weighted by molar-refractivity contribution is -0.137. The first-order valence-corrected chi connectivity index (χ1v) is 14.7. The van der Waals surface area contributed by atoms with Gasteiger partial charge < -0.3 is 15.4 Å². The van der Waals surface area contributed by atoms with E-state index in [0.29, 0.717) is 30.4 Å². The summed E-state index contributed by atoms with van der Waals surface area (Å²) < 4.78 is 123. The van der Waals surface area contributed by atoms with Gasteiger partial charge in [-0.3, -0.25) is 4.90 Å². The van der Waals surface area contributed by atoms with Gasteiger partial charge >= 0.3 is 12.2 Å². The van der Waals surface area contributed by atoms with Crippen molar-refractivity contribution in [3.63, 3.8) is 0 Å². The minimum absolute atomic E-state index is 0.109. The van der Waals surface area contributed by atoms with Gasteiger partial charge in [-0.2, -0.15) is 28.4 Å². The van der Waals surface area contributed by atoms with Gasteiger partial charge in [-0.25, -0.2) is 22.0 Å². The number of aromatic nitrogens is 2. The van der Waals surface area contributed by atoms with E-state index in [2.05, 4.69) is 9.97 Å². The van der Waals surface area contributed by atoms with Crippen molar-refractivity contribution in [2.45, 2.75) is 43.1 Å². The number of rotatable bonds is 5. The summed E-state index contributed by atoms with van der Waals surface area (Å²) in [5, 5.41) is 8.71.